The molecule has 1 unspecified atom stereocenters. The molecule has 2 aromatic carbocycles. The molecule has 25 heavy (non-hydrogen) atoms. The minimum Gasteiger partial charge on any atom is -0.469 e. The van der Waals surface area contributed by atoms with E-state index in [1.165, 1.54) is 7.11 Å². The summed E-state index contributed by atoms with van der Waals surface area (Å²) in [6.07, 6.45) is 0.151. The number of carbonyl (C=O) groups is 2. The molecular weight excluding hydrogens is 358 g/mol. The second-order valence-electron chi connectivity index (χ2n) is 5.59. The fraction of sp³-hybridized carbons (Fsp3) is 0.263. The average Bonchev–Trinajstić information content (AvgIpc) is 2.61. The molecule has 0 saturated carbocycles. The molecular formula is C19H20ClNO3S. The lowest BCUT2D eigenvalue weighted by molar-refractivity contribution is -0.141. The summed E-state index contributed by atoms with van der Waals surface area (Å²) in [5.74, 6) is 0.262. The number of esters is 1. The van der Waals surface area contributed by atoms with Gasteiger partial charge in [-0.2, -0.15) is 0 Å². The van der Waals surface area contributed by atoms with Crippen molar-refractivity contribution in [1.29, 1.82) is 0 Å². The molecule has 132 valence electrons. The van der Waals surface area contributed by atoms with Crippen LogP contribution in [0.3, 0.4) is 0 Å². The average molecular weight is 378 g/mol. The first kappa shape index (κ1) is 19.3. The fourth-order valence-corrected chi connectivity index (χ4v) is 3.12. The number of thioether (sulfide) groups is 1. The lowest BCUT2D eigenvalue weighted by Gasteiger charge is -2.12. The largest absolute Gasteiger partial charge is 0.469 e. The second kappa shape index (κ2) is 9.49. The van der Waals surface area contributed by atoms with E-state index in [1.54, 1.807) is 30.8 Å². The van der Waals surface area contributed by atoms with Gasteiger partial charge in [-0.15, -0.1) is 11.8 Å². The molecule has 0 aromatic heterocycles. The van der Waals surface area contributed by atoms with Crippen LogP contribution in [0.5, 0.6) is 0 Å². The molecule has 1 amide bonds. The van der Waals surface area contributed by atoms with Crippen LogP contribution >= 0.6 is 23.4 Å². The third kappa shape index (κ3) is 6.44. The second-order valence-corrected chi connectivity index (χ2v) is 7.08. The van der Waals surface area contributed by atoms with E-state index in [2.05, 4.69) is 10.1 Å². The Hall–Kier alpha value is -1.98. The highest BCUT2D eigenvalue weighted by molar-refractivity contribution is 7.98. The quantitative estimate of drug-likeness (QED) is 0.577. The third-order valence-corrected chi connectivity index (χ3v) is 4.85. The fourth-order valence-electron chi connectivity index (χ4n) is 2.14. The molecule has 2 aromatic rings. The molecule has 0 saturated heterocycles. The van der Waals surface area contributed by atoms with E-state index in [-0.39, 0.29) is 24.3 Å². The van der Waals surface area contributed by atoms with E-state index >= 15 is 0 Å². The summed E-state index contributed by atoms with van der Waals surface area (Å²) in [6, 6.07) is 14.9. The predicted molar refractivity (Wildman–Crippen MR) is 101 cm³/mol. The molecule has 0 fully saturated rings. The lowest BCUT2D eigenvalue weighted by atomic mass is 10.1. The summed E-state index contributed by atoms with van der Waals surface area (Å²) in [5, 5.41) is 3.51. The van der Waals surface area contributed by atoms with Crippen molar-refractivity contribution in [3.05, 3.63) is 64.7 Å². The van der Waals surface area contributed by atoms with Crippen molar-refractivity contribution in [1.82, 2.24) is 5.32 Å². The molecule has 0 bridgehead atoms. The Morgan fingerprint density at radius 3 is 2.36 bits per heavy atom. The van der Waals surface area contributed by atoms with Crippen molar-refractivity contribution in [2.45, 2.75) is 30.0 Å². The van der Waals surface area contributed by atoms with Crippen LogP contribution in [0.15, 0.2) is 53.4 Å². The van der Waals surface area contributed by atoms with Gasteiger partial charge in [-0.1, -0.05) is 23.7 Å². The number of hydrogen-bond acceptors (Lipinski definition) is 4. The summed E-state index contributed by atoms with van der Waals surface area (Å²) in [6.45, 7) is 1.77. The minimum absolute atomic E-state index is 0.151. The SMILES string of the molecule is COC(=O)CC(C)NC(=O)c1ccc(CSc2ccc(Cl)cc2)cc1. The van der Waals surface area contributed by atoms with Gasteiger partial charge < -0.3 is 10.1 Å². The topological polar surface area (TPSA) is 55.4 Å². The molecule has 6 heteroatoms. The molecule has 2 rings (SSSR count). The number of hydrogen-bond donors (Lipinski definition) is 1. The first-order valence-electron chi connectivity index (χ1n) is 7.83. The Morgan fingerprint density at radius 1 is 1.12 bits per heavy atom. The van der Waals surface area contributed by atoms with Crippen LogP contribution in [0.2, 0.25) is 5.02 Å². The molecule has 0 radical (unpaired) electrons. The number of nitrogens with one attached hydrogen (secondary N) is 1. The molecule has 0 aliphatic rings. The maximum absolute atomic E-state index is 12.2. The summed E-state index contributed by atoms with van der Waals surface area (Å²) in [4.78, 5) is 24.5. The van der Waals surface area contributed by atoms with Gasteiger partial charge in [0.05, 0.1) is 13.5 Å². The molecule has 1 atom stereocenters. The van der Waals surface area contributed by atoms with Crippen LogP contribution in [0.4, 0.5) is 0 Å². The summed E-state index contributed by atoms with van der Waals surface area (Å²) >= 11 is 7.58. The highest BCUT2D eigenvalue weighted by Gasteiger charge is 2.13. The first-order chi connectivity index (χ1) is 12.0. The predicted octanol–water partition coefficient (Wildman–Crippen LogP) is 4.31. The van der Waals surface area contributed by atoms with Crippen LogP contribution in [0.25, 0.3) is 0 Å². The van der Waals surface area contributed by atoms with E-state index in [4.69, 9.17) is 11.6 Å². The number of rotatable bonds is 7. The monoisotopic (exact) mass is 377 g/mol. The Kier molecular flexibility index (Phi) is 7.34. The molecule has 4 nitrogen and oxygen atoms in total. The van der Waals surface area contributed by atoms with Crippen LogP contribution in [0, 0.1) is 0 Å². The van der Waals surface area contributed by atoms with E-state index in [0.717, 1.165) is 21.2 Å². The van der Waals surface area contributed by atoms with Crippen molar-refractivity contribution in [3.63, 3.8) is 0 Å². The van der Waals surface area contributed by atoms with Gasteiger partial charge in [-0.3, -0.25) is 9.59 Å². The highest BCUT2D eigenvalue weighted by Crippen LogP contribution is 2.24. The third-order valence-electron chi connectivity index (χ3n) is 3.51. The first-order valence-corrected chi connectivity index (χ1v) is 9.19. The van der Waals surface area contributed by atoms with Crippen molar-refractivity contribution in [2.75, 3.05) is 7.11 Å². The van der Waals surface area contributed by atoms with E-state index in [0.29, 0.717) is 5.56 Å². The number of carbonyl (C=O) groups excluding carboxylic acids is 2. The zero-order chi connectivity index (χ0) is 18.2. The van der Waals surface area contributed by atoms with Crippen molar-refractivity contribution in [2.24, 2.45) is 0 Å². The van der Waals surface area contributed by atoms with Crippen molar-refractivity contribution >= 4 is 35.2 Å². The molecule has 1 N–H and O–H groups in total. The molecule has 0 heterocycles. The number of amides is 1. The van der Waals surface area contributed by atoms with Crippen LogP contribution in [-0.4, -0.2) is 25.0 Å². The Morgan fingerprint density at radius 2 is 1.76 bits per heavy atom. The molecule has 0 spiro atoms. The van der Waals surface area contributed by atoms with Gasteiger partial charge >= 0.3 is 5.97 Å². The van der Waals surface area contributed by atoms with E-state index in [9.17, 15) is 9.59 Å². The molecule has 0 aliphatic carbocycles. The van der Waals surface area contributed by atoms with Gasteiger partial charge in [0.1, 0.15) is 0 Å². The van der Waals surface area contributed by atoms with Crippen LogP contribution < -0.4 is 5.32 Å². The number of benzene rings is 2. The Balaban J connectivity index is 1.87. The zero-order valence-corrected chi connectivity index (χ0v) is 15.7. The van der Waals surface area contributed by atoms with Gasteiger partial charge in [0, 0.05) is 27.3 Å². The number of methoxy groups -OCH3 is 1. The summed E-state index contributed by atoms with van der Waals surface area (Å²) < 4.78 is 4.59. The van der Waals surface area contributed by atoms with Gasteiger partial charge in [0.25, 0.3) is 5.91 Å². The maximum atomic E-state index is 12.2. The van der Waals surface area contributed by atoms with Crippen molar-refractivity contribution in [3.8, 4) is 0 Å². The summed E-state index contributed by atoms with van der Waals surface area (Å²) in [5.41, 5.74) is 1.69. The Bertz CT molecular complexity index is 716. The maximum Gasteiger partial charge on any atom is 0.307 e. The smallest absolute Gasteiger partial charge is 0.307 e. The Labute approximate surface area is 156 Å². The standard InChI is InChI=1S/C19H20ClNO3S/c1-13(11-18(22)24-2)21-19(23)15-5-3-14(4-6-15)12-25-17-9-7-16(20)8-10-17/h3-10,13H,11-12H2,1-2H3,(H,21,23). The zero-order valence-electron chi connectivity index (χ0n) is 14.1. The van der Waals surface area contributed by atoms with Crippen LogP contribution in [-0.2, 0) is 15.3 Å². The van der Waals surface area contributed by atoms with E-state index in [1.807, 2.05) is 36.4 Å². The highest BCUT2D eigenvalue weighted by atomic mass is 35.5. The lowest BCUT2D eigenvalue weighted by Crippen LogP contribution is -2.34. The number of halogens is 1. The van der Waals surface area contributed by atoms with Gasteiger partial charge in [0.15, 0.2) is 0 Å². The van der Waals surface area contributed by atoms with Gasteiger partial charge in [0.2, 0.25) is 0 Å². The van der Waals surface area contributed by atoms with E-state index < -0.39 is 0 Å². The van der Waals surface area contributed by atoms with Crippen LogP contribution in [0.1, 0.15) is 29.3 Å². The normalized spacial score (nSPS) is 11.6. The molecule has 0 aliphatic heterocycles. The minimum atomic E-state index is -0.345. The number of ether oxygens (including phenoxy) is 1. The van der Waals surface area contributed by atoms with Crippen molar-refractivity contribution < 1.29 is 14.3 Å². The van der Waals surface area contributed by atoms with Gasteiger partial charge in [-0.05, 0) is 48.9 Å². The summed E-state index contributed by atoms with van der Waals surface area (Å²) in [7, 11) is 1.33. The van der Waals surface area contributed by atoms with Gasteiger partial charge in [-0.25, -0.2) is 0 Å².